The van der Waals surface area contributed by atoms with Crippen molar-refractivity contribution in [2.45, 2.75) is 58.5 Å². The molecule has 2 bridgehead atoms. The summed E-state index contributed by atoms with van der Waals surface area (Å²) in [7, 11) is 0. The van der Waals surface area contributed by atoms with E-state index in [9.17, 15) is 19.8 Å². The Hall–Kier alpha value is -1.42. The molecule has 3 saturated carbocycles. The quantitative estimate of drug-likeness (QED) is 0.572. The van der Waals surface area contributed by atoms with Gasteiger partial charge in [0.1, 0.15) is 0 Å². The van der Waals surface area contributed by atoms with Crippen LogP contribution < -0.4 is 0 Å². The second kappa shape index (κ2) is 4.60. The van der Waals surface area contributed by atoms with Crippen molar-refractivity contribution in [3.8, 4) is 0 Å². The van der Waals surface area contributed by atoms with E-state index in [1.807, 2.05) is 0 Å². The molecule has 6 atom stereocenters. The summed E-state index contributed by atoms with van der Waals surface area (Å²) >= 11 is 0. The Bertz CT molecular complexity index is 692. The van der Waals surface area contributed by atoms with Gasteiger partial charge in [0.25, 0.3) is 0 Å². The van der Waals surface area contributed by atoms with E-state index < -0.39 is 28.3 Å². The van der Waals surface area contributed by atoms with Crippen LogP contribution in [0.15, 0.2) is 23.8 Å². The number of carbonyl (C=O) groups excluding carboxylic acids is 1. The van der Waals surface area contributed by atoms with E-state index in [1.165, 1.54) is 0 Å². The Labute approximate surface area is 142 Å². The van der Waals surface area contributed by atoms with Crippen molar-refractivity contribution in [2.24, 2.45) is 28.1 Å². The van der Waals surface area contributed by atoms with Crippen LogP contribution in [0.2, 0.25) is 0 Å². The Morgan fingerprint density at radius 3 is 2.67 bits per heavy atom. The molecule has 0 amide bonds. The molecule has 4 aliphatic carbocycles. The zero-order valence-corrected chi connectivity index (χ0v) is 14.5. The minimum Gasteiger partial charge on any atom is -0.481 e. The molecule has 0 saturated heterocycles. The maximum Gasteiger partial charge on any atom is 0.309 e. The predicted molar refractivity (Wildman–Crippen MR) is 89.2 cm³/mol. The van der Waals surface area contributed by atoms with Crippen LogP contribution in [0.4, 0.5) is 0 Å². The van der Waals surface area contributed by atoms with Gasteiger partial charge in [-0.2, -0.15) is 0 Å². The number of aliphatic carboxylic acids is 1. The lowest BCUT2D eigenvalue weighted by Gasteiger charge is -2.60. The fraction of sp³-hybridized carbons (Fsp3) is 0.700. The van der Waals surface area contributed by atoms with E-state index in [0.717, 1.165) is 31.3 Å². The molecule has 0 aliphatic heterocycles. The van der Waals surface area contributed by atoms with Gasteiger partial charge < -0.3 is 10.2 Å². The molecular weight excluding hydrogens is 304 g/mol. The Balaban J connectivity index is 1.89. The average Bonchev–Trinajstić information content (AvgIpc) is 2.67. The molecule has 0 radical (unpaired) electrons. The van der Waals surface area contributed by atoms with Gasteiger partial charge >= 0.3 is 5.97 Å². The van der Waals surface area contributed by atoms with Crippen LogP contribution in [-0.4, -0.2) is 28.1 Å². The topological polar surface area (TPSA) is 74.6 Å². The zero-order valence-electron chi connectivity index (χ0n) is 14.5. The third-order valence-electron chi connectivity index (χ3n) is 7.75. The van der Waals surface area contributed by atoms with E-state index in [-0.39, 0.29) is 17.6 Å². The van der Waals surface area contributed by atoms with Gasteiger partial charge in [0.05, 0.1) is 16.9 Å². The number of fused-ring (bicyclic) bond motifs is 3. The Morgan fingerprint density at radius 2 is 2.00 bits per heavy atom. The van der Waals surface area contributed by atoms with Crippen LogP contribution in [0.25, 0.3) is 0 Å². The molecule has 4 nitrogen and oxygen atoms in total. The fourth-order valence-electron chi connectivity index (χ4n) is 6.81. The van der Waals surface area contributed by atoms with E-state index >= 15 is 0 Å². The maximum absolute atomic E-state index is 13.0. The van der Waals surface area contributed by atoms with Crippen LogP contribution in [0.3, 0.4) is 0 Å². The summed E-state index contributed by atoms with van der Waals surface area (Å²) in [6.45, 7) is 7.88. The van der Waals surface area contributed by atoms with Crippen molar-refractivity contribution in [3.63, 3.8) is 0 Å². The SMILES string of the molecule is C=C1C(=O)[C@@]23CC(O)[C@@H]4[C@](C)(C(=O)O)CCC[C@@]4(C)C2=CC[C@H]1C3. The van der Waals surface area contributed by atoms with Crippen molar-refractivity contribution in [3.05, 3.63) is 23.8 Å². The molecule has 1 spiro atoms. The highest BCUT2D eigenvalue weighted by Crippen LogP contribution is 2.69. The zero-order chi connectivity index (χ0) is 17.5. The number of hydrogen-bond acceptors (Lipinski definition) is 3. The van der Waals surface area contributed by atoms with E-state index in [2.05, 4.69) is 19.6 Å². The van der Waals surface area contributed by atoms with Gasteiger partial charge in [-0.05, 0) is 55.9 Å². The molecule has 2 N–H and O–H groups in total. The number of Topliss-reactive ketones (excluding diaryl/α,β-unsaturated/α-hetero) is 1. The third kappa shape index (κ3) is 1.63. The van der Waals surface area contributed by atoms with Crippen LogP contribution in [0.1, 0.15) is 52.4 Å². The normalized spacial score (nSPS) is 50.1. The van der Waals surface area contributed by atoms with Gasteiger partial charge in [-0.1, -0.05) is 31.6 Å². The van der Waals surface area contributed by atoms with Crippen LogP contribution >= 0.6 is 0 Å². The molecule has 4 heteroatoms. The number of aliphatic hydroxyl groups is 1. The summed E-state index contributed by atoms with van der Waals surface area (Å²) < 4.78 is 0. The van der Waals surface area contributed by atoms with Crippen molar-refractivity contribution in [1.82, 2.24) is 0 Å². The molecule has 1 unspecified atom stereocenters. The van der Waals surface area contributed by atoms with Crippen molar-refractivity contribution in [2.75, 3.05) is 0 Å². The average molecular weight is 330 g/mol. The number of allylic oxidation sites excluding steroid dienone is 3. The van der Waals surface area contributed by atoms with Gasteiger partial charge in [0, 0.05) is 5.92 Å². The monoisotopic (exact) mass is 330 g/mol. The van der Waals surface area contributed by atoms with Crippen LogP contribution in [0, 0.1) is 28.1 Å². The molecule has 0 aromatic rings. The molecule has 4 aliphatic rings. The molecular formula is C20H26O4. The predicted octanol–water partition coefficient (Wildman–Crippen LogP) is 3.11. The summed E-state index contributed by atoms with van der Waals surface area (Å²) in [5, 5.41) is 20.9. The first-order chi connectivity index (χ1) is 11.2. The molecule has 0 aromatic heterocycles. The first-order valence-corrected chi connectivity index (χ1v) is 9.03. The van der Waals surface area contributed by atoms with Gasteiger partial charge in [-0.25, -0.2) is 0 Å². The number of carboxylic acid groups (broad SMARTS) is 1. The summed E-state index contributed by atoms with van der Waals surface area (Å²) in [5.41, 5.74) is -0.176. The number of carbonyl (C=O) groups is 2. The molecule has 0 aromatic carbocycles. The first-order valence-electron chi connectivity index (χ1n) is 9.03. The highest BCUT2D eigenvalue weighted by molar-refractivity contribution is 6.05. The Kier molecular flexibility index (Phi) is 3.08. The Morgan fingerprint density at radius 1 is 1.29 bits per heavy atom. The molecule has 0 heterocycles. The number of rotatable bonds is 1. The molecule has 24 heavy (non-hydrogen) atoms. The van der Waals surface area contributed by atoms with Gasteiger partial charge in [0.2, 0.25) is 0 Å². The number of ketones is 1. The van der Waals surface area contributed by atoms with Crippen LogP contribution in [0.5, 0.6) is 0 Å². The summed E-state index contributed by atoms with van der Waals surface area (Å²) in [4.78, 5) is 25.1. The largest absolute Gasteiger partial charge is 0.481 e. The summed E-state index contributed by atoms with van der Waals surface area (Å²) in [6.07, 6.45) is 5.60. The lowest BCUT2D eigenvalue weighted by Crippen LogP contribution is -2.61. The summed E-state index contributed by atoms with van der Waals surface area (Å²) in [6, 6.07) is 0. The number of aliphatic hydroxyl groups excluding tert-OH is 1. The second-order valence-corrected chi connectivity index (χ2v) is 8.93. The van der Waals surface area contributed by atoms with Crippen molar-refractivity contribution >= 4 is 11.8 Å². The maximum atomic E-state index is 13.0. The lowest BCUT2D eigenvalue weighted by atomic mass is 9.43. The van der Waals surface area contributed by atoms with Crippen LogP contribution in [-0.2, 0) is 9.59 Å². The second-order valence-electron chi connectivity index (χ2n) is 8.93. The van der Waals surface area contributed by atoms with E-state index in [1.54, 1.807) is 6.92 Å². The van der Waals surface area contributed by atoms with E-state index in [4.69, 9.17) is 0 Å². The standard InChI is InChI=1S/C20H26O4/c1-11-12-5-6-14-18(2)7-4-8-19(3,17(23)24)15(18)13(21)10-20(14,9-12)16(11)22/h6,12-13,15,21H,1,4-5,7-10H2,2-3H3,(H,23,24)/t12-,13?,15-,18-,19+,20-/m0/s1. The highest BCUT2D eigenvalue weighted by atomic mass is 16.4. The van der Waals surface area contributed by atoms with Crippen molar-refractivity contribution < 1.29 is 19.8 Å². The molecule has 3 fully saturated rings. The highest BCUT2D eigenvalue weighted by Gasteiger charge is 2.68. The first kappa shape index (κ1) is 16.1. The molecule has 130 valence electrons. The van der Waals surface area contributed by atoms with Gasteiger partial charge in [-0.3, -0.25) is 9.59 Å². The minimum atomic E-state index is -0.940. The number of carboxylic acids is 1. The number of hydrogen-bond donors (Lipinski definition) is 2. The van der Waals surface area contributed by atoms with E-state index in [0.29, 0.717) is 18.4 Å². The lowest BCUT2D eigenvalue weighted by molar-refractivity contribution is -0.174. The smallest absolute Gasteiger partial charge is 0.309 e. The minimum absolute atomic E-state index is 0.0950. The molecule has 4 rings (SSSR count). The summed E-state index contributed by atoms with van der Waals surface area (Å²) in [5.74, 6) is -0.878. The van der Waals surface area contributed by atoms with Gasteiger partial charge in [-0.15, -0.1) is 0 Å². The van der Waals surface area contributed by atoms with Crippen molar-refractivity contribution in [1.29, 1.82) is 0 Å². The third-order valence-corrected chi connectivity index (χ3v) is 7.75. The van der Waals surface area contributed by atoms with Gasteiger partial charge in [0.15, 0.2) is 5.78 Å². The fourth-order valence-corrected chi connectivity index (χ4v) is 6.81.